The molecular weight excluding hydrogens is 314 g/mol. The number of halogens is 1. The van der Waals surface area contributed by atoms with Gasteiger partial charge >= 0.3 is 0 Å². The largest absolute Gasteiger partial charge is 1.00 e. The number of allylic oxidation sites excluding steroid dienone is 2. The van der Waals surface area contributed by atoms with Crippen LogP contribution in [0.25, 0.3) is 0 Å². The zero-order valence-electron chi connectivity index (χ0n) is 17.6. The molecule has 0 aromatic heterocycles. The van der Waals surface area contributed by atoms with Crippen LogP contribution in [-0.4, -0.2) is 19.6 Å². The van der Waals surface area contributed by atoms with E-state index in [2.05, 4.69) is 53.7 Å². The predicted octanol–water partition coefficient (Wildman–Crippen LogP) is 2.66. The maximum Gasteiger partial charge on any atom is 0.0822 e. The van der Waals surface area contributed by atoms with Gasteiger partial charge in [-0.25, -0.2) is 0 Å². The van der Waals surface area contributed by atoms with Crippen molar-refractivity contribution >= 4 is 0 Å². The summed E-state index contributed by atoms with van der Waals surface area (Å²) in [6.45, 7) is 18.2. The van der Waals surface area contributed by atoms with Gasteiger partial charge in [-0.15, -0.1) is 0 Å². The molecule has 1 N–H and O–H groups in total. The molecule has 0 bridgehead atoms. The first-order valence-electron chi connectivity index (χ1n) is 10.4. The van der Waals surface area contributed by atoms with Crippen LogP contribution in [0.1, 0.15) is 99.3 Å². The topological polar surface area (TPSA) is 4.44 Å². The third-order valence-electron chi connectivity index (χ3n) is 5.21. The normalized spacial score (nSPS) is 14.6. The fraction of sp³-hybridized carbons (Fsp3) is 0.909. The van der Waals surface area contributed by atoms with E-state index in [0.29, 0.717) is 5.41 Å². The van der Waals surface area contributed by atoms with Crippen LogP contribution < -0.4 is 17.3 Å². The Balaban J connectivity index is 0. The summed E-state index contributed by atoms with van der Waals surface area (Å²) in [5.41, 5.74) is 0.488. The average molecular weight is 360 g/mol. The minimum absolute atomic E-state index is 0. The van der Waals surface area contributed by atoms with Crippen molar-refractivity contribution in [2.24, 2.45) is 11.3 Å². The monoisotopic (exact) mass is 359 g/mol. The van der Waals surface area contributed by atoms with Crippen molar-refractivity contribution in [3.8, 4) is 0 Å². The highest BCUT2D eigenvalue weighted by atomic mass is 35.5. The predicted molar refractivity (Wildman–Crippen MR) is 106 cm³/mol. The van der Waals surface area contributed by atoms with Crippen molar-refractivity contribution in [2.75, 3.05) is 19.6 Å². The Morgan fingerprint density at radius 2 is 1.58 bits per heavy atom. The van der Waals surface area contributed by atoms with Crippen LogP contribution >= 0.6 is 0 Å². The number of hydrogen-bond donors (Lipinski definition) is 1. The molecule has 146 valence electrons. The molecule has 0 aromatic rings. The highest BCUT2D eigenvalue weighted by molar-refractivity contribution is 4.86. The maximum atomic E-state index is 2.47. The summed E-state index contributed by atoms with van der Waals surface area (Å²) in [4.78, 5) is 1.82. The van der Waals surface area contributed by atoms with Gasteiger partial charge in [-0.05, 0) is 31.6 Å². The maximum absolute atomic E-state index is 2.47. The van der Waals surface area contributed by atoms with E-state index in [1.165, 1.54) is 77.4 Å². The molecule has 2 unspecified atom stereocenters. The molecule has 2 atom stereocenters. The lowest BCUT2D eigenvalue weighted by molar-refractivity contribution is -0.907. The fourth-order valence-corrected chi connectivity index (χ4v) is 3.08. The van der Waals surface area contributed by atoms with Crippen molar-refractivity contribution in [2.45, 2.75) is 99.3 Å². The van der Waals surface area contributed by atoms with Crippen LogP contribution in [0.4, 0.5) is 0 Å². The van der Waals surface area contributed by atoms with Crippen molar-refractivity contribution < 1.29 is 17.3 Å². The van der Waals surface area contributed by atoms with Crippen molar-refractivity contribution in [1.29, 1.82) is 0 Å². The second kappa shape index (κ2) is 16.5. The van der Waals surface area contributed by atoms with Crippen molar-refractivity contribution in [1.82, 2.24) is 0 Å². The van der Waals surface area contributed by atoms with Gasteiger partial charge in [-0.1, -0.05) is 79.4 Å². The third kappa shape index (κ3) is 15.5. The lowest BCUT2D eigenvalue weighted by Gasteiger charge is -2.29. The van der Waals surface area contributed by atoms with Gasteiger partial charge in [-0.3, -0.25) is 0 Å². The highest BCUT2D eigenvalue weighted by Crippen LogP contribution is 2.16. The minimum Gasteiger partial charge on any atom is -1.00 e. The molecule has 0 heterocycles. The zero-order valence-corrected chi connectivity index (χ0v) is 18.4. The zero-order chi connectivity index (χ0) is 17.6. The Kier molecular flexibility index (Phi) is 18.0. The average Bonchev–Trinajstić information content (AvgIpc) is 2.53. The van der Waals surface area contributed by atoms with Gasteiger partial charge in [0.2, 0.25) is 0 Å². The van der Waals surface area contributed by atoms with Crippen LogP contribution in [0.15, 0.2) is 12.2 Å². The van der Waals surface area contributed by atoms with E-state index < -0.39 is 0 Å². The van der Waals surface area contributed by atoms with Crippen LogP contribution in [-0.2, 0) is 0 Å². The van der Waals surface area contributed by atoms with Crippen LogP contribution in [0.3, 0.4) is 0 Å². The summed E-state index contributed by atoms with van der Waals surface area (Å²) in [6.07, 6.45) is 17.0. The first-order valence-corrected chi connectivity index (χ1v) is 10.4. The number of unbranched alkanes of at least 4 members (excludes halogenated alkanes) is 5. The van der Waals surface area contributed by atoms with Crippen LogP contribution in [0.5, 0.6) is 0 Å². The minimum atomic E-state index is 0. The number of quaternary nitrogens is 1. The van der Waals surface area contributed by atoms with Gasteiger partial charge in [0.05, 0.1) is 19.6 Å². The quantitative estimate of drug-likeness (QED) is 0.338. The van der Waals surface area contributed by atoms with E-state index in [1.54, 1.807) is 0 Å². The molecule has 0 aliphatic heterocycles. The second-order valence-electron chi connectivity index (χ2n) is 8.34. The van der Waals surface area contributed by atoms with Gasteiger partial charge in [0.15, 0.2) is 0 Å². The summed E-state index contributed by atoms with van der Waals surface area (Å²) >= 11 is 0. The molecule has 0 rings (SSSR count). The molecule has 0 spiro atoms. The molecule has 0 amide bonds. The molecule has 0 fully saturated rings. The van der Waals surface area contributed by atoms with E-state index in [0.717, 1.165) is 5.92 Å². The third-order valence-corrected chi connectivity index (χ3v) is 5.21. The van der Waals surface area contributed by atoms with Crippen molar-refractivity contribution in [3.63, 3.8) is 0 Å². The summed E-state index contributed by atoms with van der Waals surface area (Å²) < 4.78 is 0. The van der Waals surface area contributed by atoms with Gasteiger partial charge in [0, 0.05) is 11.8 Å². The summed E-state index contributed by atoms with van der Waals surface area (Å²) in [5.74, 6) is 0.738. The molecule has 0 radical (unpaired) electrons. The Bertz CT molecular complexity index is 286. The SMILES string of the molecule is CCCCCC/C=C/C(C)CC[NH+](CCCC)CC(C)(C)CC.[Cl-]. The molecule has 1 nitrogen and oxygen atoms in total. The van der Waals surface area contributed by atoms with E-state index in [9.17, 15) is 0 Å². The fourth-order valence-electron chi connectivity index (χ4n) is 3.08. The standard InChI is InChI=1S/C22H45N.ClH/c1-7-10-12-13-14-15-16-21(4)17-19-23(18-11-8-2)20-22(5,6)9-3;/h15-16,21H,7-14,17-20H2,1-6H3;1H/b16-15+;. The van der Waals surface area contributed by atoms with Gasteiger partial charge in [-0.2, -0.15) is 0 Å². The van der Waals surface area contributed by atoms with Crippen LogP contribution in [0, 0.1) is 11.3 Å². The number of nitrogens with one attached hydrogen (secondary N) is 1. The molecule has 0 aliphatic rings. The second-order valence-corrected chi connectivity index (χ2v) is 8.34. The van der Waals surface area contributed by atoms with Gasteiger partial charge in [0.1, 0.15) is 0 Å². The Labute approximate surface area is 160 Å². The molecule has 0 aromatic carbocycles. The molecule has 0 aliphatic carbocycles. The van der Waals surface area contributed by atoms with E-state index in [-0.39, 0.29) is 12.4 Å². The lowest BCUT2D eigenvalue weighted by Crippen LogP contribution is -3.13. The van der Waals surface area contributed by atoms with E-state index in [1.807, 2.05) is 4.90 Å². The van der Waals surface area contributed by atoms with Crippen LogP contribution in [0.2, 0.25) is 0 Å². The number of hydrogen-bond acceptors (Lipinski definition) is 0. The van der Waals surface area contributed by atoms with Gasteiger partial charge < -0.3 is 17.3 Å². The summed E-state index contributed by atoms with van der Waals surface area (Å²) in [6, 6.07) is 0. The highest BCUT2D eigenvalue weighted by Gasteiger charge is 2.22. The summed E-state index contributed by atoms with van der Waals surface area (Å²) in [7, 11) is 0. The first-order chi connectivity index (χ1) is 10.9. The lowest BCUT2D eigenvalue weighted by atomic mass is 9.89. The van der Waals surface area contributed by atoms with E-state index in [4.69, 9.17) is 0 Å². The molecular formula is C22H46ClN. The molecule has 0 saturated heterocycles. The molecule has 0 saturated carbocycles. The Hall–Kier alpha value is -0.0100. The van der Waals surface area contributed by atoms with Gasteiger partial charge in [0.25, 0.3) is 0 Å². The summed E-state index contributed by atoms with van der Waals surface area (Å²) in [5, 5.41) is 0. The smallest absolute Gasteiger partial charge is 0.0822 e. The Morgan fingerprint density at radius 3 is 2.17 bits per heavy atom. The molecule has 24 heavy (non-hydrogen) atoms. The molecule has 2 heteroatoms. The first kappa shape index (κ1) is 26.2. The van der Waals surface area contributed by atoms with Crippen molar-refractivity contribution in [3.05, 3.63) is 12.2 Å². The van der Waals surface area contributed by atoms with E-state index >= 15 is 0 Å². The Morgan fingerprint density at radius 1 is 0.917 bits per heavy atom. The number of rotatable bonds is 15.